The van der Waals surface area contributed by atoms with E-state index in [0.29, 0.717) is 11.8 Å². The lowest BCUT2D eigenvalue weighted by Crippen LogP contribution is -2.45. The molecule has 0 heterocycles. The van der Waals surface area contributed by atoms with Crippen LogP contribution in [0.1, 0.15) is 32.1 Å². The molecule has 3 aliphatic carbocycles. The molecule has 80 valence electrons. The summed E-state index contributed by atoms with van der Waals surface area (Å²) < 4.78 is 0. The quantitative estimate of drug-likeness (QED) is 0.521. The van der Waals surface area contributed by atoms with Crippen LogP contribution in [0.15, 0.2) is 0 Å². The van der Waals surface area contributed by atoms with E-state index < -0.39 is 12.2 Å². The molecule has 4 N–H and O–H groups in total. The molecule has 0 saturated heterocycles. The maximum atomic E-state index is 9.66. The number of hydrogen-bond acceptors (Lipinski definition) is 3. The Morgan fingerprint density at radius 1 is 1.07 bits per heavy atom. The molecule has 0 unspecified atom stereocenters. The van der Waals surface area contributed by atoms with Crippen molar-refractivity contribution < 1.29 is 10.2 Å². The average molecular weight is 197 g/mol. The molecule has 0 aromatic carbocycles. The molecular weight excluding hydrogens is 178 g/mol. The van der Waals surface area contributed by atoms with Crippen LogP contribution in [0.2, 0.25) is 0 Å². The molecule has 0 aliphatic heterocycles. The molecule has 0 radical (unpaired) electrons. The third kappa shape index (κ3) is 0.930. The van der Waals surface area contributed by atoms with Gasteiger partial charge >= 0.3 is 0 Å². The standard InChI is InChI=1S/C11H19NO2/c12-10-6-1-2-7(3-6)11(10)4-8(13)9(14)5-11/h6-10,13-14H,1-5,12H2/t6-,7+,8+,9+,10-/m0/s1. The van der Waals surface area contributed by atoms with Crippen molar-refractivity contribution in [2.45, 2.75) is 50.4 Å². The van der Waals surface area contributed by atoms with Crippen LogP contribution in [-0.4, -0.2) is 28.5 Å². The summed E-state index contributed by atoms with van der Waals surface area (Å²) in [6, 6.07) is 0.230. The van der Waals surface area contributed by atoms with Crippen LogP contribution in [0, 0.1) is 17.3 Å². The first-order valence-corrected chi connectivity index (χ1v) is 5.75. The van der Waals surface area contributed by atoms with E-state index in [1.807, 2.05) is 0 Å². The van der Waals surface area contributed by atoms with Crippen molar-refractivity contribution in [3.63, 3.8) is 0 Å². The van der Waals surface area contributed by atoms with Crippen LogP contribution in [0.4, 0.5) is 0 Å². The Kier molecular flexibility index (Phi) is 1.77. The zero-order valence-corrected chi connectivity index (χ0v) is 8.39. The lowest BCUT2D eigenvalue weighted by Gasteiger charge is -2.39. The number of hydrogen-bond donors (Lipinski definition) is 3. The predicted octanol–water partition coefficient (Wildman–Crippen LogP) is 0.246. The van der Waals surface area contributed by atoms with Gasteiger partial charge in [0.2, 0.25) is 0 Å². The zero-order chi connectivity index (χ0) is 9.92. The van der Waals surface area contributed by atoms with Crippen LogP contribution in [0.3, 0.4) is 0 Å². The van der Waals surface area contributed by atoms with E-state index in [4.69, 9.17) is 5.73 Å². The number of aliphatic hydroxyl groups is 2. The summed E-state index contributed by atoms with van der Waals surface area (Å²) in [6.45, 7) is 0. The van der Waals surface area contributed by atoms with E-state index >= 15 is 0 Å². The predicted molar refractivity (Wildman–Crippen MR) is 52.5 cm³/mol. The summed E-state index contributed by atoms with van der Waals surface area (Å²) in [5.74, 6) is 1.34. The van der Waals surface area contributed by atoms with E-state index in [-0.39, 0.29) is 11.5 Å². The van der Waals surface area contributed by atoms with Gasteiger partial charge in [-0.2, -0.15) is 0 Å². The van der Waals surface area contributed by atoms with Gasteiger partial charge in [-0.1, -0.05) is 0 Å². The third-order valence-corrected chi connectivity index (χ3v) is 5.08. The Balaban J connectivity index is 1.91. The largest absolute Gasteiger partial charge is 0.390 e. The second-order valence-electron chi connectivity index (χ2n) is 5.57. The highest BCUT2D eigenvalue weighted by Crippen LogP contribution is 2.61. The van der Waals surface area contributed by atoms with Gasteiger partial charge in [-0.25, -0.2) is 0 Å². The van der Waals surface area contributed by atoms with Crippen LogP contribution >= 0.6 is 0 Å². The SMILES string of the molecule is N[C@H]1[C@H]2CC[C@H](C2)C12C[C@@H](O)[C@H](O)C2. The van der Waals surface area contributed by atoms with Gasteiger partial charge in [0.05, 0.1) is 12.2 Å². The van der Waals surface area contributed by atoms with Gasteiger partial charge in [0.1, 0.15) is 0 Å². The third-order valence-electron chi connectivity index (χ3n) is 5.08. The van der Waals surface area contributed by atoms with Crippen molar-refractivity contribution in [3.05, 3.63) is 0 Å². The molecule has 5 atom stereocenters. The number of fused-ring (bicyclic) bond motifs is 3. The van der Waals surface area contributed by atoms with E-state index in [1.54, 1.807) is 0 Å². The molecule has 2 bridgehead atoms. The highest BCUT2D eigenvalue weighted by molar-refractivity contribution is 5.13. The fourth-order valence-electron chi connectivity index (χ4n) is 4.35. The van der Waals surface area contributed by atoms with Crippen molar-refractivity contribution in [2.24, 2.45) is 23.0 Å². The summed E-state index contributed by atoms with van der Waals surface area (Å²) in [7, 11) is 0. The molecule has 3 fully saturated rings. The molecule has 3 aliphatic rings. The van der Waals surface area contributed by atoms with Gasteiger partial charge < -0.3 is 15.9 Å². The fourth-order valence-corrected chi connectivity index (χ4v) is 4.35. The van der Waals surface area contributed by atoms with Gasteiger partial charge in [-0.3, -0.25) is 0 Å². The normalized spacial score (nSPS) is 54.6. The highest BCUT2D eigenvalue weighted by atomic mass is 16.3. The maximum absolute atomic E-state index is 9.66. The first-order chi connectivity index (χ1) is 6.63. The zero-order valence-electron chi connectivity index (χ0n) is 8.39. The van der Waals surface area contributed by atoms with Crippen molar-refractivity contribution in [3.8, 4) is 0 Å². The minimum atomic E-state index is -0.527. The van der Waals surface area contributed by atoms with Gasteiger partial charge in [-0.05, 0) is 49.4 Å². The number of nitrogens with two attached hydrogens (primary N) is 1. The smallest absolute Gasteiger partial charge is 0.0805 e. The van der Waals surface area contributed by atoms with E-state index in [2.05, 4.69) is 0 Å². The van der Waals surface area contributed by atoms with Gasteiger partial charge in [0.15, 0.2) is 0 Å². The Bertz CT molecular complexity index is 242. The lowest BCUT2D eigenvalue weighted by molar-refractivity contribution is 0.0438. The molecule has 0 aromatic rings. The molecule has 0 amide bonds. The van der Waals surface area contributed by atoms with E-state index in [1.165, 1.54) is 19.3 Å². The Labute approximate surface area is 84.3 Å². The van der Waals surface area contributed by atoms with Crippen molar-refractivity contribution in [1.82, 2.24) is 0 Å². The monoisotopic (exact) mass is 197 g/mol. The van der Waals surface area contributed by atoms with Gasteiger partial charge in [0, 0.05) is 6.04 Å². The van der Waals surface area contributed by atoms with E-state index in [9.17, 15) is 10.2 Å². The maximum Gasteiger partial charge on any atom is 0.0805 e. The molecule has 1 spiro atoms. The minimum Gasteiger partial charge on any atom is -0.390 e. The van der Waals surface area contributed by atoms with Gasteiger partial charge in [0.25, 0.3) is 0 Å². The van der Waals surface area contributed by atoms with Crippen LogP contribution < -0.4 is 5.73 Å². The topological polar surface area (TPSA) is 66.5 Å². The lowest BCUT2D eigenvalue weighted by atomic mass is 9.69. The van der Waals surface area contributed by atoms with Gasteiger partial charge in [-0.15, -0.1) is 0 Å². The van der Waals surface area contributed by atoms with E-state index in [0.717, 1.165) is 12.8 Å². The van der Waals surface area contributed by atoms with Crippen LogP contribution in [0.25, 0.3) is 0 Å². The molecule has 14 heavy (non-hydrogen) atoms. The number of aliphatic hydroxyl groups excluding tert-OH is 2. The van der Waals surface area contributed by atoms with Crippen molar-refractivity contribution in [1.29, 1.82) is 0 Å². The minimum absolute atomic E-state index is 0.0851. The molecular formula is C11H19NO2. The molecule has 3 nitrogen and oxygen atoms in total. The average Bonchev–Trinajstić information content (AvgIpc) is 2.76. The first-order valence-electron chi connectivity index (χ1n) is 5.75. The first kappa shape index (κ1) is 9.13. The Morgan fingerprint density at radius 3 is 2.21 bits per heavy atom. The van der Waals surface area contributed by atoms with Crippen molar-refractivity contribution in [2.75, 3.05) is 0 Å². The van der Waals surface area contributed by atoms with Crippen molar-refractivity contribution >= 4 is 0 Å². The summed E-state index contributed by atoms with van der Waals surface area (Å²) in [5, 5.41) is 19.3. The summed E-state index contributed by atoms with van der Waals surface area (Å²) in [4.78, 5) is 0. The molecule has 0 aromatic heterocycles. The second-order valence-corrected chi connectivity index (χ2v) is 5.57. The molecule has 3 rings (SSSR count). The molecule has 3 heteroatoms. The summed E-state index contributed by atoms with van der Waals surface area (Å²) in [5.41, 5.74) is 6.35. The number of rotatable bonds is 0. The highest BCUT2D eigenvalue weighted by Gasteiger charge is 2.60. The van der Waals surface area contributed by atoms with Crippen LogP contribution in [0.5, 0.6) is 0 Å². The molecule has 3 saturated carbocycles. The second kappa shape index (κ2) is 2.71. The Hall–Kier alpha value is -0.120. The summed E-state index contributed by atoms with van der Waals surface area (Å²) >= 11 is 0. The fraction of sp³-hybridized carbons (Fsp3) is 1.00. The van der Waals surface area contributed by atoms with Crippen LogP contribution in [-0.2, 0) is 0 Å². The summed E-state index contributed by atoms with van der Waals surface area (Å²) in [6.07, 6.45) is 4.17. The Morgan fingerprint density at radius 2 is 1.71 bits per heavy atom.